The lowest BCUT2D eigenvalue weighted by Crippen LogP contribution is -2.45. The molecular formula is C16H17F4NO. The van der Waals surface area contributed by atoms with Crippen molar-refractivity contribution in [2.24, 2.45) is 5.92 Å². The summed E-state index contributed by atoms with van der Waals surface area (Å²) in [5.41, 5.74) is 0.840. The standard InChI is InChI=1S/C16H17F4NO/c1-2-12-8-11(5-6-14(12)17)9-15(22)21-7-3-4-13(10-21)16(18,19)20/h2,5-6,8,13H,1,3-4,7,9-10H2. The number of likely N-dealkylation sites (tertiary alicyclic amines) is 1. The molecule has 1 atom stereocenters. The number of piperidine rings is 1. The van der Waals surface area contributed by atoms with Crippen LogP contribution in [0.3, 0.4) is 0 Å². The fourth-order valence-corrected chi connectivity index (χ4v) is 2.62. The summed E-state index contributed by atoms with van der Waals surface area (Å²) in [5, 5.41) is 0. The van der Waals surface area contributed by atoms with E-state index >= 15 is 0 Å². The van der Waals surface area contributed by atoms with E-state index in [0.717, 1.165) is 0 Å². The second-order valence-electron chi connectivity index (χ2n) is 5.46. The molecule has 1 aromatic carbocycles. The number of alkyl halides is 3. The maximum Gasteiger partial charge on any atom is 0.393 e. The van der Waals surface area contributed by atoms with Crippen molar-refractivity contribution < 1.29 is 22.4 Å². The normalized spacial score (nSPS) is 19.1. The van der Waals surface area contributed by atoms with Gasteiger partial charge in [-0.25, -0.2) is 4.39 Å². The first-order valence-corrected chi connectivity index (χ1v) is 7.06. The van der Waals surface area contributed by atoms with Crippen LogP contribution >= 0.6 is 0 Å². The van der Waals surface area contributed by atoms with Crippen LogP contribution in [0.1, 0.15) is 24.0 Å². The SMILES string of the molecule is C=Cc1cc(CC(=O)N2CCCC(C(F)(F)F)C2)ccc1F. The van der Waals surface area contributed by atoms with Gasteiger partial charge in [-0.3, -0.25) is 4.79 Å². The molecule has 1 fully saturated rings. The molecular weight excluding hydrogens is 298 g/mol. The Morgan fingerprint density at radius 2 is 2.14 bits per heavy atom. The summed E-state index contributed by atoms with van der Waals surface area (Å²) in [5.74, 6) is -2.26. The van der Waals surface area contributed by atoms with E-state index in [4.69, 9.17) is 0 Å². The highest BCUT2D eigenvalue weighted by Gasteiger charge is 2.42. The highest BCUT2D eigenvalue weighted by molar-refractivity contribution is 5.79. The summed E-state index contributed by atoms with van der Waals surface area (Å²) in [4.78, 5) is 13.4. The molecule has 1 aromatic rings. The minimum Gasteiger partial charge on any atom is -0.342 e. The number of halogens is 4. The van der Waals surface area contributed by atoms with Crippen LogP contribution in [0.2, 0.25) is 0 Å². The van der Waals surface area contributed by atoms with Crippen molar-refractivity contribution in [1.82, 2.24) is 4.90 Å². The molecule has 0 saturated carbocycles. The smallest absolute Gasteiger partial charge is 0.342 e. The van der Waals surface area contributed by atoms with E-state index in [1.165, 1.54) is 29.2 Å². The van der Waals surface area contributed by atoms with Crippen molar-refractivity contribution in [1.29, 1.82) is 0 Å². The van der Waals surface area contributed by atoms with Crippen LogP contribution in [-0.4, -0.2) is 30.1 Å². The van der Waals surface area contributed by atoms with Gasteiger partial charge in [-0.2, -0.15) is 13.2 Å². The lowest BCUT2D eigenvalue weighted by molar-refractivity contribution is -0.187. The fourth-order valence-electron chi connectivity index (χ4n) is 2.62. The highest BCUT2D eigenvalue weighted by atomic mass is 19.4. The Bertz CT molecular complexity index is 568. The van der Waals surface area contributed by atoms with Crippen molar-refractivity contribution in [3.8, 4) is 0 Å². The molecule has 1 saturated heterocycles. The van der Waals surface area contributed by atoms with Gasteiger partial charge in [0.15, 0.2) is 0 Å². The maximum absolute atomic E-state index is 13.4. The Labute approximate surface area is 126 Å². The Balaban J connectivity index is 2.04. The molecule has 0 aliphatic carbocycles. The largest absolute Gasteiger partial charge is 0.393 e. The van der Waals surface area contributed by atoms with Crippen molar-refractivity contribution >= 4 is 12.0 Å². The molecule has 22 heavy (non-hydrogen) atoms. The predicted molar refractivity (Wildman–Crippen MR) is 75.6 cm³/mol. The van der Waals surface area contributed by atoms with Crippen LogP contribution in [0, 0.1) is 11.7 Å². The molecule has 1 aliphatic rings. The second-order valence-corrected chi connectivity index (χ2v) is 5.46. The van der Waals surface area contributed by atoms with Gasteiger partial charge < -0.3 is 4.90 Å². The van der Waals surface area contributed by atoms with Crippen LogP contribution in [0.25, 0.3) is 6.08 Å². The van der Waals surface area contributed by atoms with Gasteiger partial charge in [0, 0.05) is 18.7 Å². The van der Waals surface area contributed by atoms with Crippen LogP contribution in [0.4, 0.5) is 17.6 Å². The molecule has 1 amide bonds. The summed E-state index contributed by atoms with van der Waals surface area (Å²) in [7, 11) is 0. The maximum atomic E-state index is 13.4. The Morgan fingerprint density at radius 1 is 1.41 bits per heavy atom. The molecule has 120 valence electrons. The van der Waals surface area contributed by atoms with Crippen molar-refractivity contribution in [2.75, 3.05) is 13.1 Å². The summed E-state index contributed by atoms with van der Waals surface area (Å²) in [6, 6.07) is 4.19. The third-order valence-corrected chi connectivity index (χ3v) is 3.87. The molecule has 1 unspecified atom stereocenters. The van der Waals surface area contributed by atoms with Crippen LogP contribution in [0.5, 0.6) is 0 Å². The Kier molecular flexibility index (Phi) is 4.88. The average Bonchev–Trinajstić information content (AvgIpc) is 2.48. The van der Waals surface area contributed by atoms with Gasteiger partial charge >= 0.3 is 6.18 Å². The predicted octanol–water partition coefficient (Wildman–Crippen LogP) is 3.81. The molecule has 1 heterocycles. The van der Waals surface area contributed by atoms with Gasteiger partial charge in [0.25, 0.3) is 0 Å². The number of nitrogens with zero attached hydrogens (tertiary/aromatic N) is 1. The van der Waals surface area contributed by atoms with Crippen LogP contribution in [-0.2, 0) is 11.2 Å². The number of hydrogen-bond donors (Lipinski definition) is 0. The van der Waals surface area contributed by atoms with E-state index in [-0.39, 0.29) is 30.9 Å². The third-order valence-electron chi connectivity index (χ3n) is 3.87. The first kappa shape index (κ1) is 16.5. The van der Waals surface area contributed by atoms with Gasteiger partial charge in [-0.05, 0) is 30.5 Å². The van der Waals surface area contributed by atoms with Crippen molar-refractivity contribution in [2.45, 2.75) is 25.4 Å². The zero-order valence-electron chi connectivity index (χ0n) is 12.0. The number of carbonyl (C=O) groups is 1. The number of rotatable bonds is 3. The topological polar surface area (TPSA) is 20.3 Å². The molecule has 2 nitrogen and oxygen atoms in total. The van der Waals surface area contributed by atoms with E-state index in [1.807, 2.05) is 0 Å². The van der Waals surface area contributed by atoms with E-state index < -0.39 is 17.9 Å². The molecule has 0 N–H and O–H groups in total. The molecule has 0 bridgehead atoms. The van der Waals surface area contributed by atoms with Crippen molar-refractivity contribution in [3.63, 3.8) is 0 Å². The minimum absolute atomic E-state index is 0.0360. The zero-order chi connectivity index (χ0) is 16.3. The molecule has 0 radical (unpaired) electrons. The Hall–Kier alpha value is -1.85. The lowest BCUT2D eigenvalue weighted by atomic mass is 9.97. The number of amides is 1. The van der Waals surface area contributed by atoms with Crippen molar-refractivity contribution in [3.05, 3.63) is 41.7 Å². The monoisotopic (exact) mass is 315 g/mol. The van der Waals surface area contributed by atoms with Gasteiger partial charge in [0.05, 0.1) is 12.3 Å². The molecule has 6 heteroatoms. The third kappa shape index (κ3) is 3.87. The summed E-state index contributed by atoms with van der Waals surface area (Å²) in [6.07, 6.45) is -2.57. The quantitative estimate of drug-likeness (QED) is 0.777. The summed E-state index contributed by atoms with van der Waals surface area (Å²) in [6.45, 7) is 3.52. The lowest BCUT2D eigenvalue weighted by Gasteiger charge is -2.33. The van der Waals surface area contributed by atoms with Gasteiger partial charge in [-0.15, -0.1) is 0 Å². The van der Waals surface area contributed by atoms with E-state index in [9.17, 15) is 22.4 Å². The van der Waals surface area contributed by atoms with E-state index in [0.29, 0.717) is 18.5 Å². The summed E-state index contributed by atoms with van der Waals surface area (Å²) >= 11 is 0. The minimum atomic E-state index is -4.27. The van der Waals surface area contributed by atoms with Crippen LogP contribution in [0.15, 0.2) is 24.8 Å². The number of benzene rings is 1. The van der Waals surface area contributed by atoms with E-state index in [2.05, 4.69) is 6.58 Å². The average molecular weight is 315 g/mol. The first-order chi connectivity index (χ1) is 10.3. The first-order valence-electron chi connectivity index (χ1n) is 7.06. The fraction of sp³-hybridized carbons (Fsp3) is 0.438. The molecule has 2 rings (SSSR count). The van der Waals surface area contributed by atoms with Gasteiger partial charge in [0.2, 0.25) is 5.91 Å². The second kappa shape index (κ2) is 6.50. The molecule has 0 spiro atoms. The highest BCUT2D eigenvalue weighted by Crippen LogP contribution is 2.33. The zero-order valence-corrected chi connectivity index (χ0v) is 12.0. The number of carbonyl (C=O) groups excluding carboxylic acids is 1. The Morgan fingerprint density at radius 3 is 2.77 bits per heavy atom. The van der Waals surface area contributed by atoms with Gasteiger partial charge in [0.1, 0.15) is 5.82 Å². The molecule has 1 aliphatic heterocycles. The molecule has 0 aromatic heterocycles. The van der Waals surface area contributed by atoms with E-state index in [1.54, 1.807) is 0 Å². The summed E-state index contributed by atoms with van der Waals surface area (Å²) < 4.78 is 51.6. The van der Waals surface area contributed by atoms with Crippen LogP contribution < -0.4 is 0 Å². The number of hydrogen-bond acceptors (Lipinski definition) is 1. The van der Waals surface area contributed by atoms with Gasteiger partial charge in [-0.1, -0.05) is 18.7 Å².